The van der Waals surface area contributed by atoms with Crippen LogP contribution < -0.4 is 0 Å². The van der Waals surface area contributed by atoms with Crippen LogP contribution in [0.5, 0.6) is 0 Å². The fourth-order valence-corrected chi connectivity index (χ4v) is 3.00. The Morgan fingerprint density at radius 3 is 2.50 bits per heavy atom. The molecule has 114 valence electrons. The minimum absolute atomic E-state index is 0.0728. The van der Waals surface area contributed by atoms with Gasteiger partial charge in [-0.2, -0.15) is 0 Å². The molecule has 0 aromatic carbocycles. The molecule has 0 aromatic rings. The minimum atomic E-state index is -1.47. The fraction of sp³-hybridized carbons (Fsp3) is 0.933. The molecule has 5 heteroatoms. The van der Waals surface area contributed by atoms with Gasteiger partial charge >= 0.3 is 5.97 Å². The first-order valence-corrected chi connectivity index (χ1v) is 7.47. The molecule has 1 aliphatic heterocycles. The molecule has 6 atom stereocenters. The Hall–Kier alpha value is -0.545. The smallest absolute Gasteiger partial charge is 0.365 e. The number of esters is 1. The Balaban J connectivity index is 3.02. The molecule has 0 bridgehead atoms. The fourth-order valence-electron chi connectivity index (χ4n) is 3.00. The second kappa shape index (κ2) is 6.94. The predicted octanol–water partition coefficient (Wildman–Crippen LogP) is 2.70. The lowest BCUT2D eigenvalue weighted by atomic mass is 9.74. The molecule has 0 unspecified atom stereocenters. The van der Waals surface area contributed by atoms with E-state index >= 15 is 0 Å². The van der Waals surface area contributed by atoms with E-state index in [1.54, 1.807) is 0 Å². The molecule has 0 spiro atoms. The second-order valence-electron chi connectivity index (χ2n) is 6.23. The van der Waals surface area contributed by atoms with Crippen molar-refractivity contribution in [1.29, 1.82) is 0 Å². The number of hydrogen-bond donors (Lipinski definition) is 0. The highest BCUT2D eigenvalue weighted by Gasteiger charge is 2.51. The lowest BCUT2D eigenvalue weighted by molar-refractivity contribution is -0.274. The summed E-state index contributed by atoms with van der Waals surface area (Å²) in [6.07, 6.45) is 1.41. The zero-order valence-corrected chi connectivity index (χ0v) is 13.5. The number of hydrogen-bond acceptors (Lipinski definition) is 4. The number of carbonyl (C=O) groups is 1. The van der Waals surface area contributed by atoms with Crippen molar-refractivity contribution < 1.29 is 18.9 Å². The molecule has 0 amide bonds. The summed E-state index contributed by atoms with van der Waals surface area (Å²) in [4.78, 5) is 12.0. The van der Waals surface area contributed by atoms with Gasteiger partial charge < -0.3 is 14.1 Å². The molecule has 0 aliphatic carbocycles. The van der Waals surface area contributed by atoms with E-state index in [1.165, 1.54) is 7.11 Å². The Morgan fingerprint density at radius 1 is 1.45 bits per heavy atom. The number of ether oxygens (including phenoxy) is 2. The summed E-state index contributed by atoms with van der Waals surface area (Å²) in [6.45, 7) is 10.8. The summed E-state index contributed by atoms with van der Waals surface area (Å²) in [5.74, 6) is -0.597. The molecule has 0 saturated carbocycles. The van der Waals surface area contributed by atoms with Crippen LogP contribution in [-0.4, -0.2) is 33.0 Å². The van der Waals surface area contributed by atoms with Crippen molar-refractivity contribution in [3.8, 4) is 0 Å². The summed E-state index contributed by atoms with van der Waals surface area (Å²) in [5, 5.41) is 0. The van der Waals surface area contributed by atoms with Crippen LogP contribution in [-0.2, 0) is 18.9 Å². The maximum atomic E-state index is 12.0. The van der Waals surface area contributed by atoms with Gasteiger partial charge in [0.1, 0.15) is 0 Å². The van der Waals surface area contributed by atoms with Gasteiger partial charge in [-0.1, -0.05) is 41.0 Å². The molecule has 0 N–H and O–H groups in total. The van der Waals surface area contributed by atoms with Crippen molar-refractivity contribution in [3.05, 3.63) is 0 Å². The van der Waals surface area contributed by atoms with Crippen LogP contribution in [0.2, 0.25) is 0 Å². The molecule has 0 aromatic heterocycles. The summed E-state index contributed by atoms with van der Waals surface area (Å²) in [7, 11) is 6.69. The molecule has 1 rings (SSSR count). The monoisotopic (exact) mass is 282 g/mol. The molecular formula is C15H27BO4. The van der Waals surface area contributed by atoms with Gasteiger partial charge in [0.15, 0.2) is 0 Å². The normalized spacial score (nSPS) is 37.2. The van der Waals surface area contributed by atoms with Gasteiger partial charge in [-0.25, -0.2) is 4.79 Å². The molecular weight excluding hydrogens is 255 g/mol. The zero-order valence-electron chi connectivity index (χ0n) is 13.5. The molecule has 20 heavy (non-hydrogen) atoms. The van der Waals surface area contributed by atoms with Crippen molar-refractivity contribution in [3.63, 3.8) is 0 Å². The highest BCUT2D eigenvalue weighted by atomic mass is 16.7. The summed E-state index contributed by atoms with van der Waals surface area (Å²) >= 11 is 0. The summed E-state index contributed by atoms with van der Waals surface area (Å²) < 4.78 is 15.8. The average Bonchev–Trinajstić information content (AvgIpc) is 2.47. The van der Waals surface area contributed by atoms with Crippen LogP contribution in [0.25, 0.3) is 0 Å². The van der Waals surface area contributed by atoms with Crippen LogP contribution in [0, 0.1) is 23.7 Å². The van der Waals surface area contributed by atoms with Gasteiger partial charge in [-0.3, -0.25) is 0 Å². The highest BCUT2D eigenvalue weighted by Crippen LogP contribution is 2.42. The topological polar surface area (TPSA) is 44.8 Å². The van der Waals surface area contributed by atoms with Crippen molar-refractivity contribution in [2.24, 2.45) is 23.7 Å². The Morgan fingerprint density at radius 2 is 2.05 bits per heavy atom. The van der Waals surface area contributed by atoms with Gasteiger partial charge in [-0.15, -0.1) is 0 Å². The van der Waals surface area contributed by atoms with E-state index in [-0.39, 0.29) is 12.0 Å². The van der Waals surface area contributed by atoms with Gasteiger partial charge in [0.05, 0.1) is 13.2 Å². The van der Waals surface area contributed by atoms with Gasteiger partial charge in [0.2, 0.25) is 0 Å². The summed E-state index contributed by atoms with van der Waals surface area (Å²) in [5.41, 5.74) is 0. The molecule has 1 aliphatic rings. The second-order valence-corrected chi connectivity index (χ2v) is 6.23. The van der Waals surface area contributed by atoms with E-state index in [1.807, 2.05) is 0 Å². The number of methoxy groups -OCH3 is 1. The van der Waals surface area contributed by atoms with Crippen LogP contribution >= 0.6 is 0 Å². The van der Waals surface area contributed by atoms with E-state index in [9.17, 15) is 4.79 Å². The van der Waals surface area contributed by atoms with Crippen molar-refractivity contribution in [2.45, 2.75) is 59.4 Å². The van der Waals surface area contributed by atoms with E-state index in [2.05, 4.69) is 34.6 Å². The Bertz CT molecular complexity index is 336. The first-order chi connectivity index (χ1) is 9.32. The Kier molecular flexibility index (Phi) is 6.08. The number of carbonyl (C=O) groups excluding carboxylic acids is 1. The van der Waals surface area contributed by atoms with E-state index < -0.39 is 11.8 Å². The predicted molar refractivity (Wildman–Crippen MR) is 78.0 cm³/mol. The Labute approximate surface area is 124 Å². The van der Waals surface area contributed by atoms with Crippen LogP contribution in [0.4, 0.5) is 0 Å². The van der Waals surface area contributed by atoms with Crippen molar-refractivity contribution in [2.75, 3.05) is 7.11 Å². The SMILES string of the molecule is [B]O[C@]1(C(=O)OC)C[C@@H](C)[C@@H](C)[C@H]([C@H](C)[C@H](C)CC)O1. The van der Waals surface area contributed by atoms with Crippen LogP contribution in [0.15, 0.2) is 0 Å². The molecule has 1 fully saturated rings. The maximum absolute atomic E-state index is 12.0. The third kappa shape index (κ3) is 3.20. The van der Waals surface area contributed by atoms with Crippen LogP contribution in [0.3, 0.4) is 0 Å². The van der Waals surface area contributed by atoms with Gasteiger partial charge in [0, 0.05) is 6.42 Å². The van der Waals surface area contributed by atoms with Crippen molar-refractivity contribution in [1.82, 2.24) is 0 Å². The summed E-state index contributed by atoms with van der Waals surface area (Å²) in [6, 6.07) is 0. The van der Waals surface area contributed by atoms with E-state index in [0.717, 1.165) is 6.42 Å². The third-order valence-electron chi connectivity index (χ3n) is 5.08. The average molecular weight is 282 g/mol. The van der Waals surface area contributed by atoms with Crippen LogP contribution in [0.1, 0.15) is 47.5 Å². The quantitative estimate of drug-likeness (QED) is 0.574. The standard InChI is InChI=1S/C15H27BO4/c1-7-9(2)11(4)13-12(5)10(3)8-15(19-13,20-16)14(17)18-6/h9-13H,7-8H2,1-6H3/t9-,10-,11-,12-,13+,15+/m1/s1. The maximum Gasteiger partial charge on any atom is 0.365 e. The highest BCUT2D eigenvalue weighted by molar-refractivity contribution is 6.00. The number of rotatable bonds is 5. The molecule has 2 radical (unpaired) electrons. The van der Waals surface area contributed by atoms with Crippen molar-refractivity contribution >= 4 is 14.0 Å². The van der Waals surface area contributed by atoms with E-state index in [4.69, 9.17) is 22.2 Å². The zero-order chi connectivity index (χ0) is 15.5. The third-order valence-corrected chi connectivity index (χ3v) is 5.08. The lowest BCUT2D eigenvalue weighted by Crippen LogP contribution is -2.56. The molecule has 1 heterocycles. The molecule has 1 saturated heterocycles. The first kappa shape index (κ1) is 17.5. The van der Waals surface area contributed by atoms with E-state index in [0.29, 0.717) is 24.2 Å². The molecule has 4 nitrogen and oxygen atoms in total. The van der Waals surface area contributed by atoms with Gasteiger partial charge in [-0.05, 0) is 23.7 Å². The first-order valence-electron chi connectivity index (χ1n) is 7.47. The lowest BCUT2D eigenvalue weighted by Gasteiger charge is -2.47. The largest absolute Gasteiger partial charge is 0.465 e. The minimum Gasteiger partial charge on any atom is -0.465 e. The van der Waals surface area contributed by atoms with Gasteiger partial charge in [0.25, 0.3) is 13.8 Å².